The molecule has 1 aliphatic heterocycles. The van der Waals surface area contributed by atoms with Crippen LogP contribution in [0.25, 0.3) is 0 Å². The summed E-state index contributed by atoms with van der Waals surface area (Å²) in [6, 6.07) is 13.5. The molecular formula is C20H23Cl2N3OS. The van der Waals surface area contributed by atoms with E-state index in [4.69, 9.17) is 23.2 Å². The molecular weight excluding hydrogens is 401 g/mol. The van der Waals surface area contributed by atoms with Crippen LogP contribution in [0.1, 0.15) is 5.56 Å². The van der Waals surface area contributed by atoms with Gasteiger partial charge < -0.3 is 15.1 Å². The van der Waals surface area contributed by atoms with Gasteiger partial charge in [-0.1, -0.05) is 29.3 Å². The molecule has 1 aliphatic rings. The molecule has 7 heteroatoms. The summed E-state index contributed by atoms with van der Waals surface area (Å²) in [6.45, 7) is 4.22. The largest absolute Gasteiger partial charge is 0.369 e. The number of carbonyl (C=O) groups is 1. The third-order valence-corrected chi connectivity index (χ3v) is 6.09. The molecule has 3 rings (SSSR count). The van der Waals surface area contributed by atoms with Gasteiger partial charge in [0.05, 0.1) is 5.75 Å². The molecule has 1 N–H and O–H groups in total. The average molecular weight is 424 g/mol. The Balaban J connectivity index is 1.45. The lowest BCUT2D eigenvalue weighted by molar-refractivity contribution is -0.113. The van der Waals surface area contributed by atoms with E-state index in [2.05, 4.69) is 34.3 Å². The zero-order chi connectivity index (χ0) is 19.2. The molecule has 0 spiro atoms. The first-order valence-corrected chi connectivity index (χ1v) is 10.8. The topological polar surface area (TPSA) is 35.6 Å². The highest BCUT2D eigenvalue weighted by molar-refractivity contribution is 7.99. The zero-order valence-corrected chi connectivity index (χ0v) is 17.6. The minimum Gasteiger partial charge on any atom is -0.369 e. The molecule has 0 bridgehead atoms. The Morgan fingerprint density at radius 2 is 1.78 bits per heavy atom. The second-order valence-corrected chi connectivity index (χ2v) is 8.44. The van der Waals surface area contributed by atoms with E-state index in [9.17, 15) is 4.79 Å². The monoisotopic (exact) mass is 423 g/mol. The smallest absolute Gasteiger partial charge is 0.234 e. The highest BCUT2D eigenvalue weighted by atomic mass is 35.5. The van der Waals surface area contributed by atoms with Crippen LogP contribution in [-0.2, 0) is 10.5 Å². The van der Waals surface area contributed by atoms with Crippen molar-refractivity contribution >= 4 is 52.2 Å². The van der Waals surface area contributed by atoms with Crippen molar-refractivity contribution in [1.29, 1.82) is 0 Å². The van der Waals surface area contributed by atoms with Crippen molar-refractivity contribution in [2.24, 2.45) is 0 Å². The number of rotatable bonds is 6. The Morgan fingerprint density at radius 3 is 2.44 bits per heavy atom. The highest BCUT2D eigenvalue weighted by Gasteiger charge is 2.14. The summed E-state index contributed by atoms with van der Waals surface area (Å²) in [5, 5.41) is 4.20. The normalized spacial score (nSPS) is 15.0. The molecule has 0 saturated carbocycles. The van der Waals surface area contributed by atoms with Crippen LogP contribution < -0.4 is 10.2 Å². The van der Waals surface area contributed by atoms with E-state index in [-0.39, 0.29) is 5.91 Å². The molecule has 2 aromatic carbocycles. The second-order valence-electron chi connectivity index (χ2n) is 6.61. The minimum atomic E-state index is -0.0163. The number of thioether (sulfide) groups is 1. The van der Waals surface area contributed by atoms with Crippen LogP contribution in [0.4, 0.5) is 11.4 Å². The molecule has 0 aliphatic carbocycles. The first kappa shape index (κ1) is 20.3. The molecule has 1 saturated heterocycles. The number of hydrogen-bond acceptors (Lipinski definition) is 4. The van der Waals surface area contributed by atoms with Gasteiger partial charge in [0.2, 0.25) is 5.91 Å². The number of likely N-dealkylation sites (N-methyl/N-ethyl adjacent to an activating group) is 1. The van der Waals surface area contributed by atoms with E-state index in [1.54, 1.807) is 6.07 Å². The lowest BCUT2D eigenvalue weighted by atomic mass is 10.2. The second kappa shape index (κ2) is 9.69. The van der Waals surface area contributed by atoms with Crippen LogP contribution in [0.5, 0.6) is 0 Å². The number of anilines is 2. The number of halogens is 2. The van der Waals surface area contributed by atoms with Gasteiger partial charge in [-0.3, -0.25) is 4.79 Å². The highest BCUT2D eigenvalue weighted by Crippen LogP contribution is 2.25. The molecule has 144 valence electrons. The Labute approximate surface area is 174 Å². The maximum absolute atomic E-state index is 12.2. The third kappa shape index (κ3) is 6.04. The van der Waals surface area contributed by atoms with Crippen molar-refractivity contribution in [2.45, 2.75) is 5.75 Å². The SMILES string of the molecule is CN1CCN(c2ccc(NC(=O)CSCc3ccc(Cl)cc3Cl)cc2)CC1. The number of benzene rings is 2. The lowest BCUT2D eigenvalue weighted by Gasteiger charge is -2.34. The van der Waals surface area contributed by atoms with Crippen LogP contribution in [0.15, 0.2) is 42.5 Å². The Hall–Kier alpha value is -1.40. The van der Waals surface area contributed by atoms with Gasteiger partial charge in [0.15, 0.2) is 0 Å². The van der Waals surface area contributed by atoms with Crippen LogP contribution in [0, 0.1) is 0 Å². The Bertz CT molecular complexity index is 777. The number of amides is 1. The first-order valence-electron chi connectivity index (χ1n) is 8.86. The van der Waals surface area contributed by atoms with Crippen LogP contribution in [0.3, 0.4) is 0 Å². The first-order chi connectivity index (χ1) is 13.0. The molecule has 0 aromatic heterocycles. The number of hydrogen-bond donors (Lipinski definition) is 1. The van der Waals surface area contributed by atoms with Crippen molar-refractivity contribution in [2.75, 3.05) is 49.2 Å². The van der Waals surface area contributed by atoms with E-state index < -0.39 is 0 Å². The van der Waals surface area contributed by atoms with E-state index in [1.807, 2.05) is 24.3 Å². The van der Waals surface area contributed by atoms with Crippen LogP contribution in [-0.4, -0.2) is 49.8 Å². The summed E-state index contributed by atoms with van der Waals surface area (Å²) < 4.78 is 0. The minimum absolute atomic E-state index is 0.0163. The Kier molecular flexibility index (Phi) is 7.30. The maximum Gasteiger partial charge on any atom is 0.234 e. The van der Waals surface area contributed by atoms with Gasteiger partial charge in [-0.05, 0) is 49.0 Å². The van der Waals surface area contributed by atoms with Crippen LogP contribution >= 0.6 is 35.0 Å². The van der Waals surface area contributed by atoms with E-state index >= 15 is 0 Å². The van der Waals surface area contributed by atoms with Gasteiger partial charge in [0.1, 0.15) is 0 Å². The van der Waals surface area contributed by atoms with E-state index in [0.29, 0.717) is 21.6 Å². The predicted octanol–water partition coefficient (Wildman–Crippen LogP) is 4.62. The summed E-state index contributed by atoms with van der Waals surface area (Å²) in [4.78, 5) is 16.9. The molecule has 0 unspecified atom stereocenters. The molecule has 1 fully saturated rings. The standard InChI is InChI=1S/C20H23Cl2N3OS/c1-24-8-10-25(11-9-24)18-6-4-17(5-7-18)23-20(26)14-27-13-15-2-3-16(21)12-19(15)22/h2-7,12H,8-11,13-14H2,1H3,(H,23,26). The van der Waals surface area contributed by atoms with Gasteiger partial charge >= 0.3 is 0 Å². The van der Waals surface area contributed by atoms with Crippen molar-refractivity contribution in [1.82, 2.24) is 4.90 Å². The summed E-state index contributed by atoms with van der Waals surface area (Å²) >= 11 is 13.6. The summed E-state index contributed by atoms with van der Waals surface area (Å²) in [7, 11) is 2.15. The molecule has 27 heavy (non-hydrogen) atoms. The van der Waals surface area contributed by atoms with Gasteiger partial charge in [0.25, 0.3) is 0 Å². The molecule has 0 atom stereocenters. The van der Waals surface area contributed by atoms with Crippen molar-refractivity contribution in [3.63, 3.8) is 0 Å². The fourth-order valence-corrected chi connectivity index (χ4v) is 4.30. The fraction of sp³-hybridized carbons (Fsp3) is 0.350. The number of piperazine rings is 1. The van der Waals surface area contributed by atoms with Gasteiger partial charge in [0, 0.05) is 53.4 Å². The maximum atomic E-state index is 12.2. The third-order valence-electron chi connectivity index (χ3n) is 4.53. The number of nitrogens with one attached hydrogen (secondary N) is 1. The summed E-state index contributed by atoms with van der Waals surface area (Å²) in [5.41, 5.74) is 3.01. The Morgan fingerprint density at radius 1 is 1.07 bits per heavy atom. The number of nitrogens with zero attached hydrogens (tertiary/aromatic N) is 2. The lowest BCUT2D eigenvalue weighted by Crippen LogP contribution is -2.44. The predicted molar refractivity (Wildman–Crippen MR) is 117 cm³/mol. The van der Waals surface area contributed by atoms with Gasteiger partial charge in [-0.2, -0.15) is 0 Å². The van der Waals surface area contributed by atoms with Crippen molar-refractivity contribution < 1.29 is 4.79 Å². The van der Waals surface area contributed by atoms with E-state index in [0.717, 1.165) is 37.4 Å². The molecule has 2 aromatic rings. The van der Waals surface area contributed by atoms with Gasteiger partial charge in [-0.25, -0.2) is 0 Å². The molecule has 4 nitrogen and oxygen atoms in total. The average Bonchev–Trinajstić information content (AvgIpc) is 2.65. The number of carbonyl (C=O) groups excluding carboxylic acids is 1. The zero-order valence-electron chi connectivity index (χ0n) is 15.3. The van der Waals surface area contributed by atoms with Gasteiger partial charge in [-0.15, -0.1) is 11.8 Å². The van der Waals surface area contributed by atoms with E-state index in [1.165, 1.54) is 17.4 Å². The van der Waals surface area contributed by atoms with Crippen LogP contribution in [0.2, 0.25) is 10.0 Å². The summed E-state index contributed by atoms with van der Waals surface area (Å²) in [5.74, 6) is 1.03. The summed E-state index contributed by atoms with van der Waals surface area (Å²) in [6.07, 6.45) is 0. The quantitative estimate of drug-likeness (QED) is 0.734. The van der Waals surface area contributed by atoms with Crippen molar-refractivity contribution in [3.8, 4) is 0 Å². The fourth-order valence-electron chi connectivity index (χ4n) is 2.91. The molecule has 0 radical (unpaired) electrons. The molecule has 1 amide bonds. The van der Waals surface area contributed by atoms with Crippen molar-refractivity contribution in [3.05, 3.63) is 58.1 Å². The molecule has 1 heterocycles.